The fourth-order valence-electron chi connectivity index (χ4n) is 11.9. The number of hydrogen-bond donors (Lipinski definition) is 4. The summed E-state index contributed by atoms with van der Waals surface area (Å²) in [5.74, 6) is -0.801. The highest BCUT2D eigenvalue weighted by atomic mass is 32.2. The molecule has 6 aromatic rings. The molecule has 4 aliphatic rings. The third-order valence-corrected chi connectivity index (χ3v) is 17.7. The summed E-state index contributed by atoms with van der Waals surface area (Å²) < 4.78 is 67.7. The first kappa shape index (κ1) is 54.9. The molecule has 2 aromatic carbocycles. The van der Waals surface area contributed by atoms with Crippen LogP contribution < -0.4 is 33.9 Å². The summed E-state index contributed by atoms with van der Waals surface area (Å²) >= 11 is 0. The summed E-state index contributed by atoms with van der Waals surface area (Å²) in [6, 6.07) is 20.1. The van der Waals surface area contributed by atoms with Crippen molar-refractivity contribution in [2.45, 2.75) is 94.3 Å². The number of carbonyl (C=O) groups is 1. The lowest BCUT2D eigenvalue weighted by atomic mass is 9.59. The molecular formula is C57H67FN10O10S. The number of pyridine rings is 3. The van der Waals surface area contributed by atoms with Gasteiger partial charge < -0.3 is 39.3 Å². The van der Waals surface area contributed by atoms with Gasteiger partial charge in [0.25, 0.3) is 21.8 Å². The highest BCUT2D eigenvalue weighted by Gasteiger charge is 2.50. The molecule has 2 saturated carbocycles. The number of H-pyrrole nitrogens is 1. The number of amides is 1. The predicted molar refractivity (Wildman–Crippen MR) is 296 cm³/mol. The molecule has 4 fully saturated rings. The van der Waals surface area contributed by atoms with E-state index in [1.54, 1.807) is 33.3 Å². The minimum absolute atomic E-state index is 0.0255. The Balaban J connectivity index is 0.858. The van der Waals surface area contributed by atoms with Gasteiger partial charge in [-0.15, -0.1) is 0 Å². The SMILES string of the molecule is C=C(C)c1ccccc1[C@@H]1CN(Cc2cc(OC)nc(OC)c2)CCN1C1CC2(CCN(c3ccc(C(=O)NS(=O)(=O)c4cnc(NCC5CCC(C)(O)CC5)c([N+](=O)[O-])c4)c(Oc4cc5c(F)c[nH]c5nc4OC)c3)CC2)C1. The summed E-state index contributed by atoms with van der Waals surface area (Å²) in [5, 5.41) is 25.7. The maximum atomic E-state index is 14.9. The van der Waals surface area contributed by atoms with E-state index >= 15 is 0 Å². The van der Waals surface area contributed by atoms with Gasteiger partial charge in [0.15, 0.2) is 5.75 Å². The third kappa shape index (κ3) is 11.8. The largest absolute Gasteiger partial charge is 0.481 e. The maximum Gasteiger partial charge on any atom is 0.312 e. The fraction of sp³-hybridized carbons (Fsp3) is 0.439. The van der Waals surface area contributed by atoms with Crippen LogP contribution in [0.2, 0.25) is 0 Å². The molecule has 20 nitrogen and oxygen atoms in total. The fourth-order valence-corrected chi connectivity index (χ4v) is 12.9. The van der Waals surface area contributed by atoms with Crippen LogP contribution in [-0.4, -0.2) is 126 Å². The molecule has 2 aliphatic carbocycles. The topological polar surface area (TPSA) is 240 Å². The monoisotopic (exact) mass is 1100 g/mol. The number of aromatic nitrogens is 4. The Hall–Kier alpha value is -7.40. The average Bonchev–Trinajstić information content (AvgIpc) is 3.91. The van der Waals surface area contributed by atoms with Gasteiger partial charge in [-0.1, -0.05) is 36.4 Å². The number of sulfonamides is 1. The summed E-state index contributed by atoms with van der Waals surface area (Å²) in [6.45, 7) is 13.2. The number of rotatable bonds is 18. The van der Waals surface area contributed by atoms with Crippen molar-refractivity contribution in [2.24, 2.45) is 11.3 Å². The van der Waals surface area contributed by atoms with Gasteiger partial charge in [-0.05, 0) is 105 Å². The number of anilines is 2. The molecule has 22 heteroatoms. The van der Waals surface area contributed by atoms with Crippen molar-refractivity contribution < 1.29 is 46.6 Å². The number of benzene rings is 2. The first-order valence-corrected chi connectivity index (χ1v) is 28.1. The van der Waals surface area contributed by atoms with Crippen molar-refractivity contribution in [1.29, 1.82) is 0 Å². The number of hydrogen-bond acceptors (Lipinski definition) is 17. The summed E-state index contributed by atoms with van der Waals surface area (Å²) in [5.41, 5.74) is 4.01. The number of aliphatic hydroxyl groups is 1. The Bertz CT molecular complexity index is 3360. The normalized spacial score (nSPS) is 20.8. The number of fused-ring (bicyclic) bond motifs is 1. The number of nitrogens with zero attached hydrogens (tertiary/aromatic N) is 7. The summed E-state index contributed by atoms with van der Waals surface area (Å²) in [4.78, 5) is 48.1. The molecule has 1 atom stereocenters. The van der Waals surface area contributed by atoms with Crippen LogP contribution in [0.15, 0.2) is 90.6 Å². The number of aromatic amines is 1. The Morgan fingerprint density at radius 2 is 1.66 bits per heavy atom. The van der Waals surface area contributed by atoms with Crippen LogP contribution in [0.25, 0.3) is 16.6 Å². The van der Waals surface area contributed by atoms with E-state index < -0.39 is 42.9 Å². The third-order valence-electron chi connectivity index (χ3n) is 16.4. The lowest BCUT2D eigenvalue weighted by Crippen LogP contribution is -2.59. The number of piperazine rings is 1. The molecule has 0 bridgehead atoms. The van der Waals surface area contributed by atoms with Crippen molar-refractivity contribution in [2.75, 3.05) is 70.8 Å². The van der Waals surface area contributed by atoms with Crippen LogP contribution in [0.1, 0.15) is 98.3 Å². The zero-order valence-corrected chi connectivity index (χ0v) is 45.9. The van der Waals surface area contributed by atoms with Gasteiger partial charge in [-0.25, -0.2) is 22.5 Å². The van der Waals surface area contributed by atoms with Crippen molar-refractivity contribution in [1.82, 2.24) is 34.5 Å². The van der Waals surface area contributed by atoms with Crippen molar-refractivity contribution >= 4 is 49.7 Å². The highest BCUT2D eigenvalue weighted by molar-refractivity contribution is 7.90. The van der Waals surface area contributed by atoms with Crippen LogP contribution in [0.5, 0.6) is 29.1 Å². The minimum Gasteiger partial charge on any atom is -0.481 e. The second kappa shape index (κ2) is 22.4. The Morgan fingerprint density at radius 3 is 2.34 bits per heavy atom. The zero-order chi connectivity index (χ0) is 55.8. The zero-order valence-electron chi connectivity index (χ0n) is 45.1. The van der Waals surface area contributed by atoms with E-state index in [9.17, 15) is 32.8 Å². The van der Waals surface area contributed by atoms with Gasteiger partial charge >= 0.3 is 5.69 Å². The molecule has 4 aromatic heterocycles. The Labute approximate surface area is 458 Å². The van der Waals surface area contributed by atoms with Gasteiger partial charge in [0.1, 0.15) is 22.1 Å². The summed E-state index contributed by atoms with van der Waals surface area (Å²) in [6.07, 6.45) is 8.59. The van der Waals surface area contributed by atoms with Gasteiger partial charge in [0.05, 0.1) is 49.0 Å². The van der Waals surface area contributed by atoms with E-state index in [1.807, 2.05) is 12.1 Å². The second-order valence-corrected chi connectivity index (χ2v) is 23.5. The van der Waals surface area contributed by atoms with Crippen molar-refractivity contribution in [3.05, 3.63) is 124 Å². The first-order valence-electron chi connectivity index (χ1n) is 26.6. The predicted octanol–water partition coefficient (Wildman–Crippen LogP) is 9.03. The average molecular weight is 1100 g/mol. The minimum atomic E-state index is -4.76. The van der Waals surface area contributed by atoms with E-state index in [-0.39, 0.29) is 57.2 Å². The van der Waals surface area contributed by atoms with Gasteiger partial charge in [-0.2, -0.15) is 9.97 Å². The molecule has 10 rings (SSSR count). The Morgan fingerprint density at radius 1 is 0.937 bits per heavy atom. The van der Waals surface area contributed by atoms with Crippen LogP contribution in [0.4, 0.5) is 21.6 Å². The standard InChI is InChI=1S/C57H67FN10O10S/c1-35(2)41-9-7-8-10-42(41)47-34-65(33-37-23-50(75-4)62-51(24-37)76-5)21-22-67(47)39-28-57(29-39)17-19-66(20-18-57)38-11-12-43(48(25-38)78-49-27-44-45(58)32-61-52(44)63-55(49)77-6)54(69)64-79(73,74)40-26-46(68(71)72)53(60-31-40)59-30-36-13-15-56(3,70)16-14-36/h7-12,23-27,31-32,36,39,47,70H,1,13-22,28-30,33-34H2,2-6H3,(H,59,60)(H,61,63)(H,64,69)/t36?,47-,56?/m0/s1. The number of piperidine rings is 1. The number of nitrogens with one attached hydrogen (secondary N) is 3. The second-order valence-electron chi connectivity index (χ2n) is 21.8. The van der Waals surface area contributed by atoms with Crippen molar-refractivity contribution in [3.8, 4) is 29.1 Å². The molecule has 0 radical (unpaired) electrons. The molecule has 418 valence electrons. The van der Waals surface area contributed by atoms with E-state index in [4.69, 9.17) is 18.9 Å². The van der Waals surface area contributed by atoms with E-state index in [1.165, 1.54) is 30.4 Å². The Kier molecular flexibility index (Phi) is 15.6. The smallest absolute Gasteiger partial charge is 0.312 e. The molecule has 0 unspecified atom stereocenters. The van der Waals surface area contributed by atoms with Crippen molar-refractivity contribution in [3.63, 3.8) is 0 Å². The number of ether oxygens (including phenoxy) is 4. The van der Waals surface area contributed by atoms with Gasteiger partial charge in [-0.3, -0.25) is 24.7 Å². The number of methoxy groups -OCH3 is 3. The molecule has 4 N–H and O–H groups in total. The number of halogens is 1. The van der Waals surface area contributed by atoms with Gasteiger partial charge in [0.2, 0.25) is 17.6 Å². The number of allylic oxidation sites excluding steroid dienone is 1. The lowest BCUT2D eigenvalue weighted by Gasteiger charge is -2.58. The van der Waals surface area contributed by atoms with Crippen LogP contribution in [0.3, 0.4) is 0 Å². The molecule has 1 spiro atoms. The highest BCUT2D eigenvalue weighted by Crippen LogP contribution is 2.53. The van der Waals surface area contributed by atoms with E-state index in [0.29, 0.717) is 75.4 Å². The summed E-state index contributed by atoms with van der Waals surface area (Å²) in [7, 11) is -0.181. The molecular weight excluding hydrogens is 1040 g/mol. The lowest BCUT2D eigenvalue weighted by molar-refractivity contribution is -0.384. The van der Waals surface area contributed by atoms with E-state index in [0.717, 1.165) is 74.9 Å². The first-order chi connectivity index (χ1) is 37.8. The van der Waals surface area contributed by atoms with E-state index in [2.05, 4.69) is 82.4 Å². The van der Waals surface area contributed by atoms with Crippen LogP contribution in [0, 0.1) is 27.3 Å². The molecule has 79 heavy (non-hydrogen) atoms. The number of nitro groups is 1. The quantitative estimate of drug-likeness (QED) is 0.0464. The molecule has 6 heterocycles. The van der Waals surface area contributed by atoms with Crippen LogP contribution in [-0.2, 0) is 16.6 Å². The molecule has 1 amide bonds. The maximum absolute atomic E-state index is 14.9. The number of carbonyl (C=O) groups excluding carboxylic acids is 1. The van der Waals surface area contributed by atoms with Gasteiger partial charge in [0, 0.05) is 100 Å². The molecule has 2 saturated heterocycles. The van der Waals surface area contributed by atoms with Crippen LogP contribution >= 0.6 is 0 Å². The molecule has 2 aliphatic heterocycles.